The summed E-state index contributed by atoms with van der Waals surface area (Å²) in [7, 11) is 0. The van der Waals surface area contributed by atoms with Gasteiger partial charge in [0.2, 0.25) is 0 Å². The summed E-state index contributed by atoms with van der Waals surface area (Å²) in [6, 6.07) is 9.22. The van der Waals surface area contributed by atoms with Crippen LogP contribution in [-0.4, -0.2) is 31.8 Å². The zero-order chi connectivity index (χ0) is 13.7. The molecule has 1 N–H and O–H groups in total. The lowest BCUT2D eigenvalue weighted by molar-refractivity contribution is 0.0384. The molecule has 1 fully saturated rings. The van der Waals surface area contributed by atoms with Crippen molar-refractivity contribution >= 4 is 5.69 Å². The number of benzene rings is 1. The van der Waals surface area contributed by atoms with Crippen molar-refractivity contribution in [1.29, 1.82) is 0 Å². The number of nitrogens with one attached hydrogen (secondary N) is 1. The van der Waals surface area contributed by atoms with Crippen molar-refractivity contribution in [2.45, 2.75) is 45.9 Å². The van der Waals surface area contributed by atoms with Crippen molar-refractivity contribution in [3.05, 3.63) is 29.8 Å². The molecule has 0 radical (unpaired) electrons. The van der Waals surface area contributed by atoms with Crippen LogP contribution >= 0.6 is 0 Å². The number of anilines is 1. The van der Waals surface area contributed by atoms with Gasteiger partial charge in [-0.3, -0.25) is 0 Å². The molecule has 0 bridgehead atoms. The van der Waals surface area contributed by atoms with Crippen LogP contribution in [-0.2, 0) is 11.3 Å². The highest BCUT2D eigenvalue weighted by Crippen LogP contribution is 2.23. The second-order valence-corrected chi connectivity index (χ2v) is 5.51. The second kappa shape index (κ2) is 6.92. The summed E-state index contributed by atoms with van der Waals surface area (Å²) in [4.78, 5) is 2.47. The van der Waals surface area contributed by atoms with E-state index in [4.69, 9.17) is 4.74 Å². The van der Waals surface area contributed by atoms with Gasteiger partial charge in [-0.25, -0.2) is 0 Å². The topological polar surface area (TPSA) is 24.5 Å². The van der Waals surface area contributed by atoms with Gasteiger partial charge in [-0.1, -0.05) is 39.0 Å². The molecule has 106 valence electrons. The molecule has 1 aromatic rings. The Morgan fingerprint density at radius 2 is 2.16 bits per heavy atom. The third-order valence-electron chi connectivity index (χ3n) is 3.63. The van der Waals surface area contributed by atoms with Gasteiger partial charge >= 0.3 is 0 Å². The monoisotopic (exact) mass is 262 g/mol. The number of hydrogen-bond donors (Lipinski definition) is 1. The minimum Gasteiger partial charge on any atom is -0.375 e. The maximum absolute atomic E-state index is 5.76. The van der Waals surface area contributed by atoms with E-state index in [9.17, 15) is 0 Å². The first-order valence-corrected chi connectivity index (χ1v) is 7.38. The average Bonchev–Trinajstić information content (AvgIpc) is 2.45. The van der Waals surface area contributed by atoms with Crippen LogP contribution < -0.4 is 10.2 Å². The molecular formula is C16H26N2O. The zero-order valence-electron chi connectivity index (χ0n) is 12.4. The van der Waals surface area contributed by atoms with E-state index in [0.717, 1.165) is 32.7 Å². The zero-order valence-corrected chi connectivity index (χ0v) is 12.4. The first-order chi connectivity index (χ1) is 9.20. The number of para-hydroxylation sites is 1. The van der Waals surface area contributed by atoms with Crippen molar-refractivity contribution in [3.8, 4) is 0 Å². The Morgan fingerprint density at radius 1 is 1.37 bits per heavy atom. The predicted octanol–water partition coefficient (Wildman–Crippen LogP) is 2.80. The predicted molar refractivity (Wildman–Crippen MR) is 80.7 cm³/mol. The largest absolute Gasteiger partial charge is 0.375 e. The SMILES string of the molecule is CCC1CN(c2ccccc2CNC(C)C)CCO1. The number of rotatable bonds is 5. The molecule has 3 nitrogen and oxygen atoms in total. The summed E-state index contributed by atoms with van der Waals surface area (Å²) in [5, 5.41) is 3.51. The van der Waals surface area contributed by atoms with Crippen molar-refractivity contribution in [1.82, 2.24) is 5.32 Å². The van der Waals surface area contributed by atoms with Gasteiger partial charge in [0.1, 0.15) is 0 Å². The third kappa shape index (κ3) is 3.95. The molecular weight excluding hydrogens is 236 g/mol. The molecule has 0 saturated carbocycles. The van der Waals surface area contributed by atoms with E-state index in [1.165, 1.54) is 11.3 Å². The van der Waals surface area contributed by atoms with Gasteiger partial charge in [-0.05, 0) is 18.1 Å². The summed E-state index contributed by atoms with van der Waals surface area (Å²) in [6.45, 7) is 10.3. The molecule has 0 aliphatic carbocycles. The van der Waals surface area contributed by atoms with Crippen LogP contribution in [0.1, 0.15) is 32.8 Å². The summed E-state index contributed by atoms with van der Waals surface area (Å²) in [6.07, 6.45) is 1.46. The van der Waals surface area contributed by atoms with Gasteiger partial charge in [0.15, 0.2) is 0 Å². The van der Waals surface area contributed by atoms with Crippen LogP contribution in [0.5, 0.6) is 0 Å². The number of morpholine rings is 1. The highest BCUT2D eigenvalue weighted by Gasteiger charge is 2.20. The Bertz CT molecular complexity index is 392. The van der Waals surface area contributed by atoms with E-state index < -0.39 is 0 Å². The van der Waals surface area contributed by atoms with Gasteiger partial charge in [0.25, 0.3) is 0 Å². The van der Waals surface area contributed by atoms with Gasteiger partial charge in [0, 0.05) is 31.4 Å². The lowest BCUT2D eigenvalue weighted by Crippen LogP contribution is -2.42. The summed E-state index contributed by atoms with van der Waals surface area (Å²) in [5.74, 6) is 0. The van der Waals surface area contributed by atoms with Gasteiger partial charge in [0.05, 0.1) is 12.7 Å². The van der Waals surface area contributed by atoms with E-state index in [-0.39, 0.29) is 0 Å². The molecule has 2 rings (SSSR count). The van der Waals surface area contributed by atoms with E-state index in [1.807, 2.05) is 0 Å². The van der Waals surface area contributed by atoms with Crippen LogP contribution in [0.15, 0.2) is 24.3 Å². The normalized spacial score (nSPS) is 20.0. The Kier molecular flexibility index (Phi) is 5.23. The second-order valence-electron chi connectivity index (χ2n) is 5.51. The molecule has 0 aromatic heterocycles. The van der Waals surface area contributed by atoms with Crippen LogP contribution in [0.25, 0.3) is 0 Å². The molecule has 1 aliphatic heterocycles. The molecule has 3 heteroatoms. The first kappa shape index (κ1) is 14.4. The van der Waals surface area contributed by atoms with Crippen LogP contribution in [0.3, 0.4) is 0 Å². The highest BCUT2D eigenvalue weighted by molar-refractivity contribution is 5.54. The maximum Gasteiger partial charge on any atom is 0.0748 e. The molecule has 1 atom stereocenters. The van der Waals surface area contributed by atoms with Gasteiger partial charge in [-0.2, -0.15) is 0 Å². The molecule has 1 saturated heterocycles. The van der Waals surface area contributed by atoms with Crippen LogP contribution in [0.2, 0.25) is 0 Å². The fraction of sp³-hybridized carbons (Fsp3) is 0.625. The molecule has 0 amide bonds. The maximum atomic E-state index is 5.76. The fourth-order valence-electron chi connectivity index (χ4n) is 2.47. The standard InChI is InChI=1S/C16H26N2O/c1-4-15-12-18(9-10-19-15)16-8-6-5-7-14(16)11-17-13(2)3/h5-8,13,15,17H,4,9-12H2,1-3H3. The number of hydrogen-bond acceptors (Lipinski definition) is 3. The van der Waals surface area contributed by atoms with Crippen molar-refractivity contribution in [2.75, 3.05) is 24.6 Å². The van der Waals surface area contributed by atoms with E-state index in [1.54, 1.807) is 0 Å². The van der Waals surface area contributed by atoms with E-state index in [2.05, 4.69) is 55.3 Å². The van der Waals surface area contributed by atoms with Gasteiger partial charge < -0.3 is 15.0 Å². The summed E-state index contributed by atoms with van der Waals surface area (Å²) >= 11 is 0. The quantitative estimate of drug-likeness (QED) is 0.883. The summed E-state index contributed by atoms with van der Waals surface area (Å²) < 4.78 is 5.76. The molecule has 19 heavy (non-hydrogen) atoms. The molecule has 1 aromatic carbocycles. The Labute approximate surface area is 116 Å². The lowest BCUT2D eigenvalue weighted by Gasteiger charge is -2.35. The smallest absolute Gasteiger partial charge is 0.0748 e. The fourth-order valence-corrected chi connectivity index (χ4v) is 2.47. The van der Waals surface area contributed by atoms with Crippen molar-refractivity contribution in [2.24, 2.45) is 0 Å². The van der Waals surface area contributed by atoms with Crippen molar-refractivity contribution in [3.63, 3.8) is 0 Å². The average molecular weight is 262 g/mol. The molecule has 1 unspecified atom stereocenters. The molecule has 1 aliphatic rings. The lowest BCUT2D eigenvalue weighted by atomic mass is 10.1. The van der Waals surface area contributed by atoms with Crippen LogP contribution in [0, 0.1) is 0 Å². The van der Waals surface area contributed by atoms with Crippen LogP contribution in [0.4, 0.5) is 5.69 Å². The van der Waals surface area contributed by atoms with E-state index in [0.29, 0.717) is 12.1 Å². The number of nitrogens with zero attached hydrogens (tertiary/aromatic N) is 1. The van der Waals surface area contributed by atoms with Gasteiger partial charge in [-0.15, -0.1) is 0 Å². The summed E-state index contributed by atoms with van der Waals surface area (Å²) in [5.41, 5.74) is 2.74. The Balaban J connectivity index is 2.09. The Morgan fingerprint density at radius 3 is 2.89 bits per heavy atom. The molecule has 0 spiro atoms. The molecule has 1 heterocycles. The number of ether oxygens (including phenoxy) is 1. The minimum absolute atomic E-state index is 0.375. The van der Waals surface area contributed by atoms with Crippen molar-refractivity contribution < 1.29 is 4.74 Å². The third-order valence-corrected chi connectivity index (χ3v) is 3.63. The minimum atomic E-state index is 0.375. The first-order valence-electron chi connectivity index (χ1n) is 7.38. The Hall–Kier alpha value is -1.06. The van der Waals surface area contributed by atoms with E-state index >= 15 is 0 Å². The highest BCUT2D eigenvalue weighted by atomic mass is 16.5.